The van der Waals surface area contributed by atoms with E-state index in [4.69, 9.17) is 0 Å². The van der Waals surface area contributed by atoms with Gasteiger partial charge in [-0.1, -0.05) is 31.2 Å². The van der Waals surface area contributed by atoms with Gasteiger partial charge in [-0.15, -0.1) is 0 Å². The molecule has 1 aromatic rings. The Morgan fingerprint density at radius 3 is 3.00 bits per heavy atom. The van der Waals surface area contributed by atoms with Gasteiger partial charge in [-0.05, 0) is 48.3 Å². The lowest BCUT2D eigenvalue weighted by atomic mass is 9.93. The van der Waals surface area contributed by atoms with Crippen LogP contribution >= 0.6 is 0 Å². The molecule has 0 amide bonds. The lowest BCUT2D eigenvalue weighted by molar-refractivity contribution is 0.627. The van der Waals surface area contributed by atoms with E-state index >= 15 is 0 Å². The van der Waals surface area contributed by atoms with Crippen LogP contribution in [0.4, 0.5) is 0 Å². The Hall–Kier alpha value is -1.37. The van der Waals surface area contributed by atoms with Crippen LogP contribution in [0.3, 0.4) is 0 Å². The molecule has 2 unspecified atom stereocenters. The molecule has 1 nitrogen and oxygen atoms in total. The fourth-order valence-corrected chi connectivity index (χ4v) is 2.98. The molecule has 0 N–H and O–H groups in total. The van der Waals surface area contributed by atoms with Gasteiger partial charge in [0, 0.05) is 18.3 Å². The number of aliphatic imine (C=N–C) groups is 1. The largest absolute Gasteiger partial charge is 0.269 e. The summed E-state index contributed by atoms with van der Waals surface area (Å²) in [5.41, 5.74) is 4.58. The first-order valence-corrected chi connectivity index (χ1v) is 6.63. The van der Waals surface area contributed by atoms with E-state index in [2.05, 4.69) is 42.4 Å². The van der Waals surface area contributed by atoms with E-state index in [1.54, 1.807) is 11.1 Å². The summed E-state index contributed by atoms with van der Waals surface area (Å²) in [7, 11) is 0. The van der Waals surface area contributed by atoms with Crippen molar-refractivity contribution in [3.05, 3.63) is 47.2 Å². The monoisotopic (exact) mass is 225 g/mol. The summed E-state index contributed by atoms with van der Waals surface area (Å²) in [4.78, 5) is 4.33. The van der Waals surface area contributed by atoms with E-state index in [1.165, 1.54) is 24.8 Å². The van der Waals surface area contributed by atoms with Gasteiger partial charge in [0.15, 0.2) is 0 Å². The lowest BCUT2D eigenvalue weighted by Crippen LogP contribution is -2.00. The standard InChI is InChI=1S/C16H19N/c1-12-8-13-5-6-14(10-16(13)9-12)15-4-2-3-7-17-11-15/h3,5-7,10-12,15H,2,4,8-9H2,1H3. The van der Waals surface area contributed by atoms with Crippen molar-refractivity contribution in [3.8, 4) is 0 Å². The minimum atomic E-state index is 0.506. The molecule has 17 heavy (non-hydrogen) atoms. The SMILES string of the molecule is CC1Cc2ccc(C3C=NC=CCC3)cc2C1. The van der Waals surface area contributed by atoms with Crippen LogP contribution in [-0.2, 0) is 12.8 Å². The predicted molar refractivity (Wildman–Crippen MR) is 72.6 cm³/mol. The number of fused-ring (bicyclic) bond motifs is 1. The molecule has 1 aliphatic heterocycles. The number of hydrogen-bond acceptors (Lipinski definition) is 1. The Kier molecular flexibility index (Phi) is 2.84. The van der Waals surface area contributed by atoms with Crippen LogP contribution in [0.2, 0.25) is 0 Å². The average molecular weight is 225 g/mol. The summed E-state index contributed by atoms with van der Waals surface area (Å²) in [5.74, 6) is 1.33. The summed E-state index contributed by atoms with van der Waals surface area (Å²) in [5, 5.41) is 0. The molecule has 1 heterocycles. The van der Waals surface area contributed by atoms with Crippen molar-refractivity contribution < 1.29 is 0 Å². The summed E-state index contributed by atoms with van der Waals surface area (Å²) in [6.07, 6.45) is 11.0. The number of hydrogen-bond donors (Lipinski definition) is 0. The fourth-order valence-electron chi connectivity index (χ4n) is 2.98. The molecule has 0 fully saturated rings. The van der Waals surface area contributed by atoms with Crippen LogP contribution < -0.4 is 0 Å². The molecule has 1 aliphatic carbocycles. The van der Waals surface area contributed by atoms with Crippen LogP contribution in [-0.4, -0.2) is 6.21 Å². The smallest absolute Gasteiger partial charge is 0.0224 e. The summed E-state index contributed by atoms with van der Waals surface area (Å²) in [6.45, 7) is 2.34. The molecular formula is C16H19N. The number of allylic oxidation sites excluding steroid dienone is 1. The summed E-state index contributed by atoms with van der Waals surface area (Å²) < 4.78 is 0. The Balaban J connectivity index is 1.87. The van der Waals surface area contributed by atoms with Crippen molar-refractivity contribution in [2.45, 2.75) is 38.5 Å². The topological polar surface area (TPSA) is 12.4 Å². The highest BCUT2D eigenvalue weighted by Crippen LogP contribution is 2.30. The van der Waals surface area contributed by atoms with E-state index in [-0.39, 0.29) is 0 Å². The minimum absolute atomic E-state index is 0.506. The van der Waals surface area contributed by atoms with E-state index in [0.717, 1.165) is 12.3 Å². The van der Waals surface area contributed by atoms with Crippen molar-refractivity contribution >= 4 is 6.21 Å². The van der Waals surface area contributed by atoms with Crippen molar-refractivity contribution in [1.29, 1.82) is 0 Å². The van der Waals surface area contributed by atoms with Crippen molar-refractivity contribution in [2.24, 2.45) is 10.9 Å². The van der Waals surface area contributed by atoms with Crippen LogP contribution in [0.1, 0.15) is 42.4 Å². The van der Waals surface area contributed by atoms with E-state index in [1.807, 2.05) is 6.20 Å². The first-order valence-electron chi connectivity index (χ1n) is 6.63. The first kappa shape index (κ1) is 10.8. The fraction of sp³-hybridized carbons (Fsp3) is 0.438. The maximum absolute atomic E-state index is 4.33. The Morgan fingerprint density at radius 2 is 2.06 bits per heavy atom. The van der Waals surface area contributed by atoms with Gasteiger partial charge in [-0.25, -0.2) is 0 Å². The average Bonchev–Trinajstić information content (AvgIpc) is 2.53. The number of rotatable bonds is 1. The highest BCUT2D eigenvalue weighted by Gasteiger charge is 2.19. The molecule has 2 atom stereocenters. The molecule has 3 rings (SSSR count). The van der Waals surface area contributed by atoms with Crippen molar-refractivity contribution in [1.82, 2.24) is 0 Å². The molecule has 0 bridgehead atoms. The Bertz CT molecular complexity index is 470. The third-order valence-corrected chi connectivity index (χ3v) is 3.90. The van der Waals surface area contributed by atoms with Gasteiger partial charge < -0.3 is 0 Å². The molecule has 0 spiro atoms. The van der Waals surface area contributed by atoms with Gasteiger partial charge in [-0.3, -0.25) is 4.99 Å². The molecule has 2 aliphatic rings. The zero-order valence-corrected chi connectivity index (χ0v) is 10.4. The van der Waals surface area contributed by atoms with Gasteiger partial charge in [0.05, 0.1) is 0 Å². The van der Waals surface area contributed by atoms with Gasteiger partial charge in [0.1, 0.15) is 0 Å². The molecule has 88 valence electrons. The zero-order chi connectivity index (χ0) is 11.7. The van der Waals surface area contributed by atoms with Gasteiger partial charge in [0.2, 0.25) is 0 Å². The van der Waals surface area contributed by atoms with Gasteiger partial charge in [0.25, 0.3) is 0 Å². The molecule has 0 saturated heterocycles. The van der Waals surface area contributed by atoms with Gasteiger partial charge >= 0.3 is 0 Å². The third kappa shape index (κ3) is 2.19. The molecular weight excluding hydrogens is 206 g/mol. The normalized spacial score (nSPS) is 26.9. The molecule has 1 heteroatoms. The first-order chi connectivity index (χ1) is 8.33. The maximum atomic E-state index is 4.33. The lowest BCUT2D eigenvalue weighted by Gasteiger charge is -2.12. The number of benzene rings is 1. The number of nitrogens with zero attached hydrogens (tertiary/aromatic N) is 1. The van der Waals surface area contributed by atoms with E-state index in [9.17, 15) is 0 Å². The summed E-state index contributed by atoms with van der Waals surface area (Å²) in [6, 6.07) is 7.06. The molecule has 0 saturated carbocycles. The van der Waals surface area contributed by atoms with Gasteiger partial charge in [-0.2, -0.15) is 0 Å². The zero-order valence-electron chi connectivity index (χ0n) is 10.4. The van der Waals surface area contributed by atoms with E-state index in [0.29, 0.717) is 5.92 Å². The minimum Gasteiger partial charge on any atom is -0.269 e. The second kappa shape index (κ2) is 4.48. The Labute approximate surface area is 103 Å². The second-order valence-electron chi connectivity index (χ2n) is 5.41. The van der Waals surface area contributed by atoms with Crippen molar-refractivity contribution in [2.75, 3.05) is 0 Å². The molecule has 1 aromatic carbocycles. The predicted octanol–water partition coefficient (Wildman–Crippen LogP) is 3.88. The highest BCUT2D eigenvalue weighted by atomic mass is 14.7. The molecule has 0 radical (unpaired) electrons. The summed E-state index contributed by atoms with van der Waals surface area (Å²) >= 11 is 0. The Morgan fingerprint density at radius 1 is 1.18 bits per heavy atom. The van der Waals surface area contributed by atoms with Crippen LogP contribution in [0, 0.1) is 5.92 Å². The molecule has 0 aromatic heterocycles. The van der Waals surface area contributed by atoms with Crippen LogP contribution in [0.5, 0.6) is 0 Å². The van der Waals surface area contributed by atoms with Crippen LogP contribution in [0.15, 0.2) is 35.5 Å². The quantitative estimate of drug-likeness (QED) is 0.687. The third-order valence-electron chi connectivity index (χ3n) is 3.90. The van der Waals surface area contributed by atoms with Crippen molar-refractivity contribution in [3.63, 3.8) is 0 Å². The highest BCUT2D eigenvalue weighted by molar-refractivity contribution is 5.69. The van der Waals surface area contributed by atoms with Crippen LogP contribution in [0.25, 0.3) is 0 Å². The van der Waals surface area contributed by atoms with E-state index < -0.39 is 0 Å². The second-order valence-corrected chi connectivity index (χ2v) is 5.41. The maximum Gasteiger partial charge on any atom is 0.0224 e.